The summed E-state index contributed by atoms with van der Waals surface area (Å²) in [4.78, 5) is 24.8. The minimum absolute atomic E-state index is 0.0269. The number of benzene rings is 1. The third kappa shape index (κ3) is 5.43. The van der Waals surface area contributed by atoms with Gasteiger partial charge in [0.1, 0.15) is 0 Å². The summed E-state index contributed by atoms with van der Waals surface area (Å²) in [5.74, 6) is -1.57. The lowest BCUT2D eigenvalue weighted by molar-refractivity contribution is -0.123. The van der Waals surface area contributed by atoms with Crippen LogP contribution < -0.4 is 14.8 Å². The quantitative estimate of drug-likeness (QED) is 0.671. The maximum absolute atomic E-state index is 12.5. The summed E-state index contributed by atoms with van der Waals surface area (Å²) in [6.07, 6.45) is -1.10. The van der Waals surface area contributed by atoms with Crippen LogP contribution in [-0.2, 0) is 16.6 Å². The molecule has 0 saturated heterocycles. The molecule has 1 amide bonds. The van der Waals surface area contributed by atoms with Crippen molar-refractivity contribution in [2.45, 2.75) is 40.4 Å². The van der Waals surface area contributed by atoms with Crippen LogP contribution in [0.25, 0.3) is 0 Å². The highest BCUT2D eigenvalue weighted by atomic mass is 19.3. The van der Waals surface area contributed by atoms with E-state index in [1.165, 1.54) is 25.1 Å². The molecule has 8 nitrogen and oxygen atoms in total. The van der Waals surface area contributed by atoms with Crippen LogP contribution in [0, 0.1) is 13.8 Å². The first-order valence-corrected chi connectivity index (χ1v) is 8.87. The van der Waals surface area contributed by atoms with Crippen molar-refractivity contribution >= 4 is 17.6 Å². The van der Waals surface area contributed by atoms with Crippen LogP contribution in [-0.4, -0.2) is 41.0 Å². The second-order valence-corrected chi connectivity index (χ2v) is 6.18. The second kappa shape index (κ2) is 9.35. The highest BCUT2D eigenvalue weighted by molar-refractivity contribution is 5.98. The van der Waals surface area contributed by atoms with Gasteiger partial charge in [0, 0.05) is 7.05 Å². The summed E-state index contributed by atoms with van der Waals surface area (Å²) in [5.41, 5.74) is 1.97. The number of aromatic nitrogens is 2. The van der Waals surface area contributed by atoms with Crippen molar-refractivity contribution in [3.8, 4) is 11.5 Å². The van der Waals surface area contributed by atoms with E-state index in [0.717, 1.165) is 5.69 Å². The van der Waals surface area contributed by atoms with Gasteiger partial charge in [-0.25, -0.2) is 4.79 Å². The van der Waals surface area contributed by atoms with Crippen molar-refractivity contribution in [2.75, 3.05) is 11.9 Å². The van der Waals surface area contributed by atoms with Crippen LogP contribution in [0.15, 0.2) is 18.2 Å². The van der Waals surface area contributed by atoms with Crippen molar-refractivity contribution in [3.05, 3.63) is 35.2 Å². The zero-order chi connectivity index (χ0) is 21.7. The molecule has 1 aromatic carbocycles. The maximum Gasteiger partial charge on any atom is 0.387 e. The van der Waals surface area contributed by atoms with Gasteiger partial charge in [0.05, 0.1) is 29.2 Å². The molecule has 1 N–H and O–H groups in total. The molecule has 0 radical (unpaired) electrons. The van der Waals surface area contributed by atoms with E-state index in [-0.39, 0.29) is 23.7 Å². The summed E-state index contributed by atoms with van der Waals surface area (Å²) >= 11 is 0. The van der Waals surface area contributed by atoms with Gasteiger partial charge >= 0.3 is 12.6 Å². The number of nitrogens with one attached hydrogen (secondary N) is 1. The lowest BCUT2D eigenvalue weighted by Crippen LogP contribution is -2.30. The molecule has 2 aromatic rings. The van der Waals surface area contributed by atoms with Crippen LogP contribution in [0.5, 0.6) is 11.5 Å². The first kappa shape index (κ1) is 22.1. The number of carbonyl (C=O) groups excluding carboxylic acids is 2. The van der Waals surface area contributed by atoms with Crippen molar-refractivity contribution in [3.63, 3.8) is 0 Å². The van der Waals surface area contributed by atoms with Gasteiger partial charge in [-0.1, -0.05) is 0 Å². The molecule has 0 aliphatic heterocycles. The number of nitrogens with zero attached hydrogens (tertiary/aromatic N) is 2. The zero-order valence-electron chi connectivity index (χ0n) is 16.8. The third-order valence-corrected chi connectivity index (χ3v) is 4.11. The van der Waals surface area contributed by atoms with E-state index in [4.69, 9.17) is 9.47 Å². The molecule has 0 unspecified atom stereocenters. The Bertz CT molecular complexity index is 898. The summed E-state index contributed by atoms with van der Waals surface area (Å²) < 4.78 is 41.4. The van der Waals surface area contributed by atoms with Gasteiger partial charge in [-0.2, -0.15) is 13.9 Å². The molecule has 0 fully saturated rings. The van der Waals surface area contributed by atoms with Gasteiger partial charge in [-0.05, 0) is 45.9 Å². The number of hydrogen-bond donors (Lipinski definition) is 1. The number of anilines is 1. The average molecular weight is 411 g/mol. The Morgan fingerprint density at radius 1 is 1.24 bits per heavy atom. The number of amides is 1. The minimum atomic E-state index is -3.03. The molecule has 0 saturated carbocycles. The summed E-state index contributed by atoms with van der Waals surface area (Å²) in [5, 5.41) is 6.89. The van der Waals surface area contributed by atoms with Crippen molar-refractivity contribution in [1.82, 2.24) is 9.78 Å². The Labute approximate surface area is 166 Å². The van der Waals surface area contributed by atoms with Gasteiger partial charge in [0.2, 0.25) is 0 Å². The Morgan fingerprint density at radius 2 is 1.93 bits per heavy atom. The van der Waals surface area contributed by atoms with Crippen LogP contribution in [0.3, 0.4) is 0 Å². The number of halogens is 2. The molecule has 1 heterocycles. The Kier molecular flexibility index (Phi) is 7.13. The number of esters is 1. The lowest BCUT2D eigenvalue weighted by atomic mass is 10.2. The number of carbonyl (C=O) groups is 2. The molecule has 1 aromatic heterocycles. The van der Waals surface area contributed by atoms with E-state index in [1.54, 1.807) is 32.5 Å². The van der Waals surface area contributed by atoms with E-state index in [2.05, 4.69) is 15.2 Å². The minimum Gasteiger partial charge on any atom is -0.490 e. The number of hydrogen-bond acceptors (Lipinski definition) is 6. The van der Waals surface area contributed by atoms with Gasteiger partial charge < -0.3 is 19.5 Å². The molecule has 10 heteroatoms. The smallest absolute Gasteiger partial charge is 0.387 e. The van der Waals surface area contributed by atoms with E-state index in [9.17, 15) is 18.4 Å². The molecule has 158 valence electrons. The van der Waals surface area contributed by atoms with E-state index in [0.29, 0.717) is 11.4 Å². The summed E-state index contributed by atoms with van der Waals surface area (Å²) in [6, 6.07) is 3.66. The van der Waals surface area contributed by atoms with Gasteiger partial charge in [-0.15, -0.1) is 0 Å². The first-order valence-electron chi connectivity index (χ1n) is 8.87. The Hall–Kier alpha value is -3.17. The predicted molar refractivity (Wildman–Crippen MR) is 100 cm³/mol. The van der Waals surface area contributed by atoms with Gasteiger partial charge in [0.15, 0.2) is 17.6 Å². The van der Waals surface area contributed by atoms with Crippen LogP contribution in [0.4, 0.5) is 14.5 Å². The third-order valence-electron chi connectivity index (χ3n) is 4.11. The predicted octanol–water partition coefficient (Wildman–Crippen LogP) is 3.22. The largest absolute Gasteiger partial charge is 0.490 e. The normalized spacial score (nSPS) is 11.9. The van der Waals surface area contributed by atoms with E-state index >= 15 is 0 Å². The molecule has 1 atom stereocenters. The number of aryl methyl sites for hydroxylation is 2. The zero-order valence-corrected chi connectivity index (χ0v) is 16.8. The Morgan fingerprint density at radius 3 is 2.48 bits per heavy atom. The van der Waals surface area contributed by atoms with Crippen molar-refractivity contribution in [1.29, 1.82) is 0 Å². The SMILES string of the molecule is CCOc1cc(C(=O)O[C@@H](C)C(=O)Nc2c(C)nn(C)c2C)ccc1OC(F)F. The van der Waals surface area contributed by atoms with Gasteiger partial charge in [0.25, 0.3) is 5.91 Å². The molecule has 29 heavy (non-hydrogen) atoms. The highest BCUT2D eigenvalue weighted by Crippen LogP contribution is 2.30. The fraction of sp³-hybridized carbons (Fsp3) is 0.421. The fourth-order valence-corrected chi connectivity index (χ4v) is 2.56. The Balaban J connectivity index is 2.10. The van der Waals surface area contributed by atoms with E-state index in [1.807, 2.05) is 0 Å². The molecule has 0 spiro atoms. The fourth-order valence-electron chi connectivity index (χ4n) is 2.56. The molecular weight excluding hydrogens is 388 g/mol. The van der Waals surface area contributed by atoms with Gasteiger partial charge in [-0.3, -0.25) is 9.48 Å². The topological polar surface area (TPSA) is 91.7 Å². The number of ether oxygens (including phenoxy) is 3. The number of rotatable bonds is 8. The lowest BCUT2D eigenvalue weighted by Gasteiger charge is -2.15. The monoisotopic (exact) mass is 411 g/mol. The highest BCUT2D eigenvalue weighted by Gasteiger charge is 2.23. The van der Waals surface area contributed by atoms with Crippen LogP contribution in [0.1, 0.15) is 35.6 Å². The molecule has 0 bridgehead atoms. The molecule has 0 aliphatic rings. The molecule has 0 aliphatic carbocycles. The second-order valence-electron chi connectivity index (χ2n) is 6.18. The van der Waals surface area contributed by atoms with Crippen LogP contribution in [0.2, 0.25) is 0 Å². The standard InChI is InChI=1S/C19H23F2N3O5/c1-6-27-15-9-13(7-8-14(15)29-19(20)21)18(26)28-12(4)17(25)22-16-10(2)23-24(5)11(16)3/h7-9,12,19H,6H2,1-5H3,(H,22,25)/t12-/m0/s1. The van der Waals surface area contributed by atoms with Crippen molar-refractivity contribution in [2.24, 2.45) is 7.05 Å². The first-order chi connectivity index (χ1) is 13.6. The van der Waals surface area contributed by atoms with E-state index < -0.39 is 24.6 Å². The maximum atomic E-state index is 12.5. The summed E-state index contributed by atoms with van der Waals surface area (Å²) in [7, 11) is 1.75. The van der Waals surface area contributed by atoms with Crippen LogP contribution >= 0.6 is 0 Å². The average Bonchev–Trinajstić information content (AvgIpc) is 2.88. The van der Waals surface area contributed by atoms with Crippen molar-refractivity contribution < 1.29 is 32.6 Å². The summed E-state index contributed by atoms with van der Waals surface area (Å²) in [6.45, 7) is 3.77. The number of alkyl halides is 2. The molecular formula is C19H23F2N3O5. The molecule has 2 rings (SSSR count).